The Balaban J connectivity index is 1.57. The van der Waals surface area contributed by atoms with E-state index in [1.54, 1.807) is 0 Å². The van der Waals surface area contributed by atoms with E-state index >= 15 is 0 Å². The van der Waals surface area contributed by atoms with Gasteiger partial charge in [-0.15, -0.1) is 0 Å². The Morgan fingerprint density at radius 2 is 1.50 bits per heavy atom. The number of amides is 1. The number of halogens is 1. The minimum Gasteiger partial charge on any atom is -0.489 e. The number of hydrogen-bond acceptors (Lipinski definition) is 2. The maximum atomic E-state index is 12.4. The summed E-state index contributed by atoms with van der Waals surface area (Å²) in [7, 11) is 0. The molecule has 3 aromatic rings. The number of nitrogens with one attached hydrogen (secondary N) is 1. The fourth-order valence-corrected chi connectivity index (χ4v) is 2.83. The molecule has 0 spiro atoms. The first kappa shape index (κ1) is 20.0. The van der Waals surface area contributed by atoms with Crippen molar-refractivity contribution in [2.75, 3.05) is 5.32 Å². The largest absolute Gasteiger partial charge is 0.489 e. The van der Waals surface area contributed by atoms with E-state index < -0.39 is 0 Å². The fourth-order valence-electron chi connectivity index (χ4n) is 2.71. The van der Waals surface area contributed by atoms with Crippen LogP contribution in [0.25, 0.3) is 0 Å². The Morgan fingerprint density at radius 3 is 2.07 bits per heavy atom. The molecule has 144 valence electrons. The highest BCUT2D eigenvalue weighted by atomic mass is 35.5. The van der Waals surface area contributed by atoms with Gasteiger partial charge in [0.05, 0.1) is 0 Å². The second-order valence-corrected chi connectivity index (χ2v) is 8.16. The monoisotopic (exact) mass is 393 g/mol. The Kier molecular flexibility index (Phi) is 6.05. The van der Waals surface area contributed by atoms with Gasteiger partial charge in [-0.2, -0.15) is 0 Å². The highest BCUT2D eigenvalue weighted by Gasteiger charge is 2.14. The van der Waals surface area contributed by atoms with E-state index in [-0.39, 0.29) is 11.3 Å². The van der Waals surface area contributed by atoms with Crippen LogP contribution in [-0.2, 0) is 12.0 Å². The molecule has 3 aromatic carbocycles. The van der Waals surface area contributed by atoms with Crippen LogP contribution in [0.1, 0.15) is 42.3 Å². The molecule has 0 unspecified atom stereocenters. The summed E-state index contributed by atoms with van der Waals surface area (Å²) in [6, 6.07) is 22.6. The van der Waals surface area contributed by atoms with Crippen LogP contribution >= 0.6 is 11.6 Å². The van der Waals surface area contributed by atoms with Crippen molar-refractivity contribution >= 4 is 23.2 Å². The highest BCUT2D eigenvalue weighted by molar-refractivity contribution is 6.30. The van der Waals surface area contributed by atoms with Crippen LogP contribution in [0.5, 0.6) is 5.75 Å². The molecule has 0 atom stereocenters. The third-order valence-corrected chi connectivity index (χ3v) is 4.70. The molecule has 0 fully saturated rings. The Morgan fingerprint density at radius 1 is 0.893 bits per heavy atom. The number of carbonyl (C=O) groups is 1. The van der Waals surface area contributed by atoms with Gasteiger partial charge in [-0.05, 0) is 65.1 Å². The molecule has 0 saturated carbocycles. The lowest BCUT2D eigenvalue weighted by Gasteiger charge is -2.19. The third kappa shape index (κ3) is 5.37. The Bertz CT molecular complexity index is 924. The zero-order valence-electron chi connectivity index (χ0n) is 16.3. The molecular weight excluding hydrogens is 370 g/mol. The SMILES string of the molecule is CC(C)(C)c1ccc(C(=O)Nc2ccc(OCc3ccc(Cl)cc3)cc2)cc1. The molecule has 0 aliphatic carbocycles. The van der Waals surface area contributed by atoms with Gasteiger partial charge in [0.25, 0.3) is 5.91 Å². The average molecular weight is 394 g/mol. The Hall–Kier alpha value is -2.78. The first-order valence-electron chi connectivity index (χ1n) is 9.20. The predicted molar refractivity (Wildman–Crippen MR) is 115 cm³/mol. The van der Waals surface area contributed by atoms with E-state index in [0.717, 1.165) is 17.0 Å². The molecule has 0 aromatic heterocycles. The third-order valence-electron chi connectivity index (χ3n) is 4.44. The van der Waals surface area contributed by atoms with Crippen LogP contribution in [0.3, 0.4) is 0 Å². The van der Waals surface area contributed by atoms with Gasteiger partial charge in [-0.25, -0.2) is 0 Å². The summed E-state index contributed by atoms with van der Waals surface area (Å²) in [5.74, 6) is 0.609. The minimum absolute atomic E-state index is 0.0663. The van der Waals surface area contributed by atoms with Gasteiger partial charge in [0.2, 0.25) is 0 Å². The molecular formula is C24H24ClNO2. The quantitative estimate of drug-likeness (QED) is 0.539. The summed E-state index contributed by atoms with van der Waals surface area (Å²) < 4.78 is 5.77. The second kappa shape index (κ2) is 8.49. The summed E-state index contributed by atoms with van der Waals surface area (Å²) in [5, 5.41) is 3.62. The lowest BCUT2D eigenvalue weighted by molar-refractivity contribution is 0.102. The topological polar surface area (TPSA) is 38.3 Å². The molecule has 1 amide bonds. The second-order valence-electron chi connectivity index (χ2n) is 7.72. The number of hydrogen-bond donors (Lipinski definition) is 1. The molecule has 0 heterocycles. The maximum absolute atomic E-state index is 12.4. The normalized spacial score (nSPS) is 11.1. The van der Waals surface area contributed by atoms with E-state index in [1.807, 2.05) is 72.8 Å². The molecule has 0 aliphatic rings. The lowest BCUT2D eigenvalue weighted by atomic mass is 9.87. The van der Waals surface area contributed by atoms with E-state index in [2.05, 4.69) is 26.1 Å². The van der Waals surface area contributed by atoms with Crippen LogP contribution < -0.4 is 10.1 Å². The molecule has 3 nitrogen and oxygen atoms in total. The molecule has 0 aliphatic heterocycles. The van der Waals surface area contributed by atoms with Gasteiger partial charge >= 0.3 is 0 Å². The van der Waals surface area contributed by atoms with Gasteiger partial charge in [0.1, 0.15) is 12.4 Å². The van der Waals surface area contributed by atoms with E-state index in [9.17, 15) is 4.79 Å². The van der Waals surface area contributed by atoms with Crippen LogP contribution in [0.15, 0.2) is 72.8 Å². The van der Waals surface area contributed by atoms with Crippen LogP contribution in [-0.4, -0.2) is 5.91 Å². The molecule has 3 rings (SSSR count). The van der Waals surface area contributed by atoms with Crippen LogP contribution in [0.2, 0.25) is 5.02 Å². The lowest BCUT2D eigenvalue weighted by Crippen LogP contribution is -2.14. The molecule has 4 heteroatoms. The summed E-state index contributed by atoms with van der Waals surface area (Å²) >= 11 is 5.88. The van der Waals surface area contributed by atoms with Crippen LogP contribution in [0, 0.1) is 0 Å². The van der Waals surface area contributed by atoms with Gasteiger partial charge in [-0.3, -0.25) is 4.79 Å². The first-order chi connectivity index (χ1) is 13.3. The molecule has 1 N–H and O–H groups in total. The van der Waals surface area contributed by atoms with Crippen molar-refractivity contribution in [3.63, 3.8) is 0 Å². The number of rotatable bonds is 5. The summed E-state index contributed by atoms with van der Waals surface area (Å²) in [6.07, 6.45) is 0. The van der Waals surface area contributed by atoms with E-state index in [4.69, 9.17) is 16.3 Å². The van der Waals surface area contributed by atoms with Crippen molar-refractivity contribution in [3.05, 3.63) is 94.5 Å². The van der Waals surface area contributed by atoms with Crippen molar-refractivity contribution in [1.29, 1.82) is 0 Å². The van der Waals surface area contributed by atoms with Gasteiger partial charge in [-0.1, -0.05) is 56.6 Å². The van der Waals surface area contributed by atoms with Crippen LogP contribution in [0.4, 0.5) is 5.69 Å². The molecule has 0 saturated heterocycles. The zero-order chi connectivity index (χ0) is 20.1. The highest BCUT2D eigenvalue weighted by Crippen LogP contribution is 2.23. The molecule has 0 radical (unpaired) electrons. The minimum atomic E-state index is -0.129. The maximum Gasteiger partial charge on any atom is 0.255 e. The molecule has 28 heavy (non-hydrogen) atoms. The molecule has 0 bridgehead atoms. The van der Waals surface area contributed by atoms with Crippen molar-refractivity contribution in [3.8, 4) is 5.75 Å². The number of ether oxygens (including phenoxy) is 1. The van der Waals surface area contributed by atoms with Crippen molar-refractivity contribution in [2.24, 2.45) is 0 Å². The van der Waals surface area contributed by atoms with E-state index in [1.165, 1.54) is 5.56 Å². The number of anilines is 1. The standard InChI is InChI=1S/C24H24ClNO2/c1-24(2,3)19-8-6-18(7-9-19)23(27)26-21-12-14-22(15-13-21)28-16-17-4-10-20(25)11-5-17/h4-15H,16H2,1-3H3,(H,26,27). The predicted octanol–water partition coefficient (Wildman–Crippen LogP) is 6.47. The van der Waals surface area contributed by atoms with Crippen molar-refractivity contribution < 1.29 is 9.53 Å². The zero-order valence-corrected chi connectivity index (χ0v) is 17.1. The fraction of sp³-hybridized carbons (Fsp3) is 0.208. The number of benzene rings is 3. The first-order valence-corrected chi connectivity index (χ1v) is 9.58. The summed E-state index contributed by atoms with van der Waals surface area (Å²) in [4.78, 5) is 12.4. The summed E-state index contributed by atoms with van der Waals surface area (Å²) in [5.41, 5.74) is 3.67. The Labute approximate surface area is 171 Å². The average Bonchev–Trinajstić information content (AvgIpc) is 2.68. The van der Waals surface area contributed by atoms with E-state index in [0.29, 0.717) is 17.2 Å². The summed E-state index contributed by atoms with van der Waals surface area (Å²) in [6.45, 7) is 6.92. The number of carbonyl (C=O) groups excluding carboxylic acids is 1. The van der Waals surface area contributed by atoms with Gasteiger partial charge in [0.15, 0.2) is 0 Å². The smallest absolute Gasteiger partial charge is 0.255 e. The van der Waals surface area contributed by atoms with Gasteiger partial charge in [0, 0.05) is 16.3 Å². The van der Waals surface area contributed by atoms with Crippen molar-refractivity contribution in [1.82, 2.24) is 0 Å². The van der Waals surface area contributed by atoms with Gasteiger partial charge < -0.3 is 10.1 Å². The van der Waals surface area contributed by atoms with Crippen molar-refractivity contribution in [2.45, 2.75) is 32.8 Å².